The van der Waals surface area contributed by atoms with Crippen LogP contribution < -0.4 is 0 Å². The molecule has 3 unspecified atom stereocenters. The van der Waals surface area contributed by atoms with Crippen LogP contribution in [0.4, 0.5) is 17.6 Å². The number of allylic oxidation sites excluding steroid dienone is 1. The van der Waals surface area contributed by atoms with E-state index in [0.717, 1.165) is 25.7 Å². The molecule has 6 heteroatoms. The Morgan fingerprint density at radius 3 is 1.91 bits per heavy atom. The van der Waals surface area contributed by atoms with E-state index >= 15 is 8.78 Å². The van der Waals surface area contributed by atoms with Gasteiger partial charge in [-0.15, -0.1) is 6.58 Å². The minimum Gasteiger partial charge on any atom is -0.377 e. The van der Waals surface area contributed by atoms with Crippen LogP contribution in [-0.2, 0) is 9.47 Å². The minimum absolute atomic E-state index is 0.0436. The summed E-state index contributed by atoms with van der Waals surface area (Å²) in [7, 11) is 0. The third-order valence-electron chi connectivity index (χ3n) is 8.88. The molecule has 35 heavy (non-hydrogen) atoms. The molecule has 2 saturated carbocycles. The van der Waals surface area contributed by atoms with Crippen molar-refractivity contribution in [3.63, 3.8) is 0 Å². The maximum Gasteiger partial charge on any atom is 0.162 e. The van der Waals surface area contributed by atoms with E-state index in [0.29, 0.717) is 62.2 Å². The topological polar surface area (TPSA) is 21.8 Å². The fraction of sp³-hybridized carbons (Fsp3) is 0.655. The van der Waals surface area contributed by atoms with E-state index in [9.17, 15) is 8.78 Å². The van der Waals surface area contributed by atoms with Crippen LogP contribution in [0.2, 0.25) is 0 Å². The van der Waals surface area contributed by atoms with Gasteiger partial charge in [-0.1, -0.05) is 18.2 Å². The molecule has 0 aromatic heterocycles. The standard InChI is InChI=1S/C29H36F4O2/c1-2-17-3-5-18(6-4-17)22-13-14-23(28(32)27(22)31)19-7-10-21(11-8-19)34-15-20-9-12-24(25-16-35-25)29(33)26(20)30/h2,13-14,17-21,24-25H,1,3-12,15-16H2. The molecule has 0 bridgehead atoms. The Morgan fingerprint density at radius 1 is 0.800 bits per heavy atom. The zero-order chi connectivity index (χ0) is 24.5. The van der Waals surface area contributed by atoms with Crippen molar-refractivity contribution in [3.05, 3.63) is 59.2 Å². The van der Waals surface area contributed by atoms with Crippen molar-refractivity contribution in [1.29, 1.82) is 0 Å². The van der Waals surface area contributed by atoms with Crippen LogP contribution in [0.1, 0.15) is 87.2 Å². The maximum absolute atomic E-state index is 15.1. The van der Waals surface area contributed by atoms with Crippen molar-refractivity contribution in [3.8, 4) is 0 Å². The summed E-state index contributed by atoms with van der Waals surface area (Å²) in [5.74, 6) is -3.19. The van der Waals surface area contributed by atoms with Gasteiger partial charge in [0.15, 0.2) is 11.6 Å². The first-order valence-corrected chi connectivity index (χ1v) is 13.3. The maximum atomic E-state index is 15.1. The van der Waals surface area contributed by atoms with Crippen LogP contribution in [0.25, 0.3) is 0 Å². The molecule has 5 rings (SSSR count). The molecule has 0 spiro atoms. The predicted molar refractivity (Wildman–Crippen MR) is 127 cm³/mol. The van der Waals surface area contributed by atoms with Gasteiger partial charge in [-0.2, -0.15) is 0 Å². The van der Waals surface area contributed by atoms with Gasteiger partial charge in [0.25, 0.3) is 0 Å². The fourth-order valence-corrected chi connectivity index (χ4v) is 6.47. The summed E-state index contributed by atoms with van der Waals surface area (Å²) in [5.41, 5.74) is 0.970. The van der Waals surface area contributed by atoms with E-state index in [4.69, 9.17) is 9.47 Å². The second-order valence-corrected chi connectivity index (χ2v) is 11.0. The number of hydrogen-bond donors (Lipinski definition) is 0. The van der Waals surface area contributed by atoms with Gasteiger partial charge in [0.05, 0.1) is 25.4 Å². The van der Waals surface area contributed by atoms with Crippen molar-refractivity contribution >= 4 is 0 Å². The van der Waals surface area contributed by atoms with E-state index < -0.39 is 35.1 Å². The zero-order valence-corrected chi connectivity index (χ0v) is 20.3. The average Bonchev–Trinajstić information content (AvgIpc) is 3.72. The smallest absolute Gasteiger partial charge is 0.162 e. The zero-order valence-electron chi connectivity index (χ0n) is 20.3. The van der Waals surface area contributed by atoms with E-state index in [1.54, 1.807) is 12.1 Å². The van der Waals surface area contributed by atoms with Crippen LogP contribution in [-0.4, -0.2) is 25.4 Å². The van der Waals surface area contributed by atoms with Gasteiger partial charge in [-0.05, 0) is 93.1 Å². The number of epoxide rings is 1. The van der Waals surface area contributed by atoms with Crippen LogP contribution >= 0.6 is 0 Å². The fourth-order valence-electron chi connectivity index (χ4n) is 6.47. The number of ether oxygens (including phenoxy) is 2. The van der Waals surface area contributed by atoms with E-state index in [-0.39, 0.29) is 30.7 Å². The lowest BCUT2D eigenvalue weighted by Gasteiger charge is -2.32. The molecular weight excluding hydrogens is 456 g/mol. The Balaban J connectivity index is 1.13. The molecular formula is C29H36F4O2. The van der Waals surface area contributed by atoms with E-state index in [1.807, 2.05) is 6.08 Å². The van der Waals surface area contributed by atoms with Crippen molar-refractivity contribution in [2.45, 2.75) is 88.3 Å². The monoisotopic (exact) mass is 492 g/mol. The second-order valence-electron chi connectivity index (χ2n) is 11.0. The van der Waals surface area contributed by atoms with Crippen molar-refractivity contribution < 1.29 is 27.0 Å². The number of halogens is 4. The molecule has 4 aliphatic rings. The summed E-state index contributed by atoms with van der Waals surface area (Å²) in [6.45, 7) is 4.53. The second kappa shape index (κ2) is 10.8. The summed E-state index contributed by atoms with van der Waals surface area (Å²) < 4.78 is 70.1. The summed E-state index contributed by atoms with van der Waals surface area (Å²) in [5, 5.41) is 0. The first kappa shape index (κ1) is 25.0. The molecule has 1 aliphatic heterocycles. The molecule has 0 N–H and O–H groups in total. The third kappa shape index (κ3) is 5.39. The van der Waals surface area contributed by atoms with Crippen LogP contribution in [0.15, 0.2) is 36.4 Å². The molecule has 3 atom stereocenters. The molecule has 1 aromatic carbocycles. The normalized spacial score (nSPS) is 35.7. The van der Waals surface area contributed by atoms with Crippen LogP contribution in [0, 0.1) is 29.4 Å². The van der Waals surface area contributed by atoms with Crippen LogP contribution in [0.5, 0.6) is 0 Å². The Labute approximate surface area is 205 Å². The highest BCUT2D eigenvalue weighted by Gasteiger charge is 2.41. The molecule has 192 valence electrons. The Morgan fingerprint density at radius 2 is 1.37 bits per heavy atom. The van der Waals surface area contributed by atoms with Crippen molar-refractivity contribution in [2.24, 2.45) is 17.8 Å². The molecule has 1 aromatic rings. The molecule has 0 amide bonds. The van der Waals surface area contributed by atoms with Gasteiger partial charge in [-0.25, -0.2) is 17.6 Å². The Bertz CT molecular complexity index is 940. The number of hydrogen-bond acceptors (Lipinski definition) is 2. The Kier molecular flexibility index (Phi) is 7.69. The highest BCUT2D eigenvalue weighted by Crippen LogP contribution is 2.43. The number of rotatable bonds is 7. The molecule has 1 saturated heterocycles. The van der Waals surface area contributed by atoms with Crippen molar-refractivity contribution in [1.82, 2.24) is 0 Å². The quantitative estimate of drug-likeness (QED) is 0.218. The lowest BCUT2D eigenvalue weighted by molar-refractivity contribution is 0.00161. The molecule has 0 radical (unpaired) electrons. The third-order valence-corrected chi connectivity index (χ3v) is 8.88. The highest BCUT2D eigenvalue weighted by atomic mass is 19.2. The van der Waals surface area contributed by atoms with Gasteiger partial charge >= 0.3 is 0 Å². The van der Waals surface area contributed by atoms with Gasteiger partial charge in [0.1, 0.15) is 11.7 Å². The molecule has 3 aliphatic carbocycles. The SMILES string of the molecule is C=CC1CCC(c2ccc(C3CCC(OCC4CCC(C5CO5)C(F)=C4F)CC3)c(F)c2F)CC1. The summed E-state index contributed by atoms with van der Waals surface area (Å²) in [4.78, 5) is 0. The molecule has 1 heterocycles. The summed E-state index contributed by atoms with van der Waals surface area (Å²) >= 11 is 0. The van der Waals surface area contributed by atoms with Gasteiger partial charge in [-0.3, -0.25) is 0 Å². The summed E-state index contributed by atoms with van der Waals surface area (Å²) in [6.07, 6.45) is 9.39. The average molecular weight is 493 g/mol. The van der Waals surface area contributed by atoms with E-state index in [2.05, 4.69) is 6.58 Å². The molecule has 2 nitrogen and oxygen atoms in total. The summed E-state index contributed by atoms with van der Waals surface area (Å²) in [6, 6.07) is 3.58. The molecule has 3 fully saturated rings. The van der Waals surface area contributed by atoms with E-state index in [1.165, 1.54) is 0 Å². The predicted octanol–water partition coefficient (Wildman–Crippen LogP) is 8.04. The number of benzene rings is 1. The van der Waals surface area contributed by atoms with Crippen LogP contribution in [0.3, 0.4) is 0 Å². The highest BCUT2D eigenvalue weighted by molar-refractivity contribution is 5.32. The largest absolute Gasteiger partial charge is 0.377 e. The minimum atomic E-state index is -0.697. The van der Waals surface area contributed by atoms with Gasteiger partial charge in [0, 0.05) is 11.8 Å². The lowest BCUT2D eigenvalue weighted by atomic mass is 9.77. The first-order chi connectivity index (χ1) is 17.0. The van der Waals surface area contributed by atoms with Gasteiger partial charge < -0.3 is 9.47 Å². The Hall–Kier alpha value is -1.66. The first-order valence-electron chi connectivity index (χ1n) is 13.3. The van der Waals surface area contributed by atoms with Crippen molar-refractivity contribution in [2.75, 3.05) is 13.2 Å². The lowest BCUT2D eigenvalue weighted by Crippen LogP contribution is -2.27. The van der Waals surface area contributed by atoms with Gasteiger partial charge in [0.2, 0.25) is 0 Å².